The molecular formula is C15H24BrNO2. The van der Waals surface area contributed by atoms with E-state index in [4.69, 9.17) is 9.47 Å². The van der Waals surface area contributed by atoms with Crippen LogP contribution in [0.2, 0.25) is 0 Å². The average molecular weight is 330 g/mol. The van der Waals surface area contributed by atoms with E-state index in [1.807, 2.05) is 0 Å². The van der Waals surface area contributed by atoms with Crippen LogP contribution < -0.4 is 10.1 Å². The SMILES string of the molecule is COCCNCCCCc1cc(Br)c(C)cc1OC. The Morgan fingerprint density at radius 1 is 1.16 bits per heavy atom. The zero-order valence-corrected chi connectivity index (χ0v) is 13.7. The second kappa shape index (κ2) is 9.34. The lowest BCUT2D eigenvalue weighted by molar-refractivity contribution is 0.199. The lowest BCUT2D eigenvalue weighted by atomic mass is 10.0. The molecule has 0 aliphatic heterocycles. The van der Waals surface area contributed by atoms with Gasteiger partial charge in [0.2, 0.25) is 0 Å². The molecule has 1 N–H and O–H groups in total. The molecule has 1 rings (SSSR count). The normalized spacial score (nSPS) is 10.7. The molecule has 4 heteroatoms. The van der Waals surface area contributed by atoms with Gasteiger partial charge in [0.05, 0.1) is 13.7 Å². The molecule has 0 unspecified atom stereocenters. The molecule has 0 aromatic heterocycles. The van der Waals surface area contributed by atoms with E-state index in [0.29, 0.717) is 0 Å². The number of unbranched alkanes of at least 4 members (excludes halogenated alkanes) is 1. The van der Waals surface area contributed by atoms with Gasteiger partial charge in [-0.25, -0.2) is 0 Å². The molecule has 0 aliphatic carbocycles. The highest BCUT2D eigenvalue weighted by molar-refractivity contribution is 9.10. The van der Waals surface area contributed by atoms with E-state index >= 15 is 0 Å². The van der Waals surface area contributed by atoms with Crippen LogP contribution in [0.5, 0.6) is 5.75 Å². The third-order valence-corrected chi connectivity index (χ3v) is 3.95. The second-order valence-corrected chi connectivity index (χ2v) is 5.47. The molecule has 0 amide bonds. The maximum absolute atomic E-state index is 5.44. The van der Waals surface area contributed by atoms with Crippen LogP contribution in [0.3, 0.4) is 0 Å². The zero-order chi connectivity index (χ0) is 14.1. The highest BCUT2D eigenvalue weighted by Crippen LogP contribution is 2.27. The van der Waals surface area contributed by atoms with Crippen molar-refractivity contribution in [2.24, 2.45) is 0 Å². The first-order valence-electron chi connectivity index (χ1n) is 6.71. The van der Waals surface area contributed by atoms with Crippen LogP contribution >= 0.6 is 15.9 Å². The Morgan fingerprint density at radius 2 is 1.95 bits per heavy atom. The summed E-state index contributed by atoms with van der Waals surface area (Å²) in [5.74, 6) is 0.994. The number of halogens is 1. The lowest BCUT2D eigenvalue weighted by Crippen LogP contribution is -2.20. The number of rotatable bonds is 9. The van der Waals surface area contributed by atoms with Gasteiger partial charge in [-0.1, -0.05) is 15.9 Å². The molecule has 0 saturated carbocycles. The molecule has 3 nitrogen and oxygen atoms in total. The minimum Gasteiger partial charge on any atom is -0.496 e. The second-order valence-electron chi connectivity index (χ2n) is 4.61. The highest BCUT2D eigenvalue weighted by Gasteiger charge is 2.06. The lowest BCUT2D eigenvalue weighted by Gasteiger charge is -2.11. The molecule has 0 fully saturated rings. The van der Waals surface area contributed by atoms with Crippen LogP contribution in [0.1, 0.15) is 24.0 Å². The number of nitrogens with one attached hydrogen (secondary N) is 1. The molecule has 19 heavy (non-hydrogen) atoms. The summed E-state index contributed by atoms with van der Waals surface area (Å²) < 4.78 is 11.6. The van der Waals surface area contributed by atoms with Gasteiger partial charge in [0, 0.05) is 18.1 Å². The van der Waals surface area contributed by atoms with E-state index < -0.39 is 0 Å². The minimum absolute atomic E-state index is 0.777. The summed E-state index contributed by atoms with van der Waals surface area (Å²) in [7, 11) is 3.46. The summed E-state index contributed by atoms with van der Waals surface area (Å²) in [6.45, 7) is 4.82. The maximum Gasteiger partial charge on any atom is 0.122 e. The zero-order valence-electron chi connectivity index (χ0n) is 12.1. The summed E-state index contributed by atoms with van der Waals surface area (Å²) in [5.41, 5.74) is 2.48. The van der Waals surface area contributed by atoms with Crippen LogP contribution in [0, 0.1) is 6.92 Å². The van der Waals surface area contributed by atoms with Crippen molar-refractivity contribution in [1.82, 2.24) is 5.32 Å². The van der Waals surface area contributed by atoms with Gasteiger partial charge in [-0.2, -0.15) is 0 Å². The van der Waals surface area contributed by atoms with Gasteiger partial charge in [0.1, 0.15) is 5.75 Å². The first-order valence-corrected chi connectivity index (χ1v) is 7.51. The largest absolute Gasteiger partial charge is 0.496 e. The predicted molar refractivity (Wildman–Crippen MR) is 83.1 cm³/mol. The van der Waals surface area contributed by atoms with E-state index in [1.165, 1.54) is 17.5 Å². The van der Waals surface area contributed by atoms with Crippen LogP contribution in [0.4, 0.5) is 0 Å². The Morgan fingerprint density at radius 3 is 2.63 bits per heavy atom. The number of methoxy groups -OCH3 is 2. The third-order valence-electron chi connectivity index (χ3n) is 3.09. The van der Waals surface area contributed by atoms with E-state index in [0.717, 1.165) is 42.8 Å². The quantitative estimate of drug-likeness (QED) is 0.705. The van der Waals surface area contributed by atoms with Crippen LogP contribution in [0.15, 0.2) is 16.6 Å². The topological polar surface area (TPSA) is 30.5 Å². The first-order chi connectivity index (χ1) is 9.19. The van der Waals surface area contributed by atoms with Crippen molar-refractivity contribution in [2.45, 2.75) is 26.2 Å². The minimum atomic E-state index is 0.777. The molecule has 0 bridgehead atoms. The van der Waals surface area contributed by atoms with E-state index in [2.05, 4.69) is 40.3 Å². The number of benzene rings is 1. The van der Waals surface area contributed by atoms with Crippen molar-refractivity contribution in [3.63, 3.8) is 0 Å². The number of aryl methyl sites for hydroxylation is 2. The summed E-state index contributed by atoms with van der Waals surface area (Å²) in [5, 5.41) is 3.36. The molecule has 0 atom stereocenters. The molecule has 108 valence electrons. The van der Waals surface area contributed by atoms with Gasteiger partial charge in [0.25, 0.3) is 0 Å². The molecule has 0 saturated heterocycles. The fraction of sp³-hybridized carbons (Fsp3) is 0.600. The average Bonchev–Trinajstić information content (AvgIpc) is 2.41. The fourth-order valence-corrected chi connectivity index (χ4v) is 2.34. The van der Waals surface area contributed by atoms with E-state index in [-0.39, 0.29) is 0 Å². The monoisotopic (exact) mass is 329 g/mol. The van der Waals surface area contributed by atoms with Crippen molar-refractivity contribution in [3.8, 4) is 5.75 Å². The molecule has 0 aliphatic rings. The molecular weight excluding hydrogens is 306 g/mol. The maximum atomic E-state index is 5.44. The van der Waals surface area contributed by atoms with Crippen molar-refractivity contribution in [1.29, 1.82) is 0 Å². The van der Waals surface area contributed by atoms with Crippen LogP contribution in [-0.4, -0.2) is 33.9 Å². The smallest absolute Gasteiger partial charge is 0.122 e. The Balaban J connectivity index is 2.34. The van der Waals surface area contributed by atoms with Gasteiger partial charge in [-0.15, -0.1) is 0 Å². The van der Waals surface area contributed by atoms with Gasteiger partial charge >= 0.3 is 0 Å². The molecule has 1 aromatic carbocycles. The Kier molecular flexibility index (Phi) is 8.10. The van der Waals surface area contributed by atoms with Gasteiger partial charge in [-0.05, 0) is 56.0 Å². The fourth-order valence-electron chi connectivity index (χ4n) is 1.95. The van der Waals surface area contributed by atoms with Gasteiger partial charge in [-0.3, -0.25) is 0 Å². The van der Waals surface area contributed by atoms with Crippen molar-refractivity contribution in [2.75, 3.05) is 33.9 Å². The molecule has 0 spiro atoms. The van der Waals surface area contributed by atoms with E-state index in [9.17, 15) is 0 Å². The summed E-state index contributed by atoms with van der Waals surface area (Å²) in [6, 6.07) is 4.27. The summed E-state index contributed by atoms with van der Waals surface area (Å²) >= 11 is 3.58. The Hall–Kier alpha value is -0.580. The number of hydrogen-bond acceptors (Lipinski definition) is 3. The predicted octanol–water partition coefficient (Wildman–Crippen LogP) is 3.32. The highest BCUT2D eigenvalue weighted by atomic mass is 79.9. The Bertz CT molecular complexity index is 383. The molecule has 0 radical (unpaired) electrons. The van der Waals surface area contributed by atoms with Crippen LogP contribution in [-0.2, 0) is 11.2 Å². The first kappa shape index (κ1) is 16.5. The standard InChI is InChI=1S/C15H24BrNO2/c1-12-10-15(19-3)13(11-14(12)16)6-4-5-7-17-8-9-18-2/h10-11,17H,4-9H2,1-3H3. The number of ether oxygens (including phenoxy) is 2. The molecule has 0 heterocycles. The molecule has 1 aromatic rings. The summed E-state index contributed by atoms with van der Waals surface area (Å²) in [4.78, 5) is 0. The van der Waals surface area contributed by atoms with Crippen molar-refractivity contribution in [3.05, 3.63) is 27.7 Å². The number of hydrogen-bond donors (Lipinski definition) is 1. The Labute approximate surface area is 124 Å². The van der Waals surface area contributed by atoms with Crippen molar-refractivity contribution >= 4 is 15.9 Å². The third kappa shape index (κ3) is 5.93. The van der Waals surface area contributed by atoms with E-state index in [1.54, 1.807) is 14.2 Å². The van der Waals surface area contributed by atoms with Crippen molar-refractivity contribution < 1.29 is 9.47 Å². The van der Waals surface area contributed by atoms with Gasteiger partial charge in [0.15, 0.2) is 0 Å². The summed E-state index contributed by atoms with van der Waals surface area (Å²) in [6.07, 6.45) is 3.37. The van der Waals surface area contributed by atoms with Crippen LogP contribution in [0.25, 0.3) is 0 Å². The van der Waals surface area contributed by atoms with Gasteiger partial charge < -0.3 is 14.8 Å².